The minimum Gasteiger partial charge on any atom is -1.00 e. The predicted molar refractivity (Wildman–Crippen MR) is 162 cm³/mol. The van der Waals surface area contributed by atoms with Crippen molar-refractivity contribution in [3.05, 3.63) is 58.9 Å². The van der Waals surface area contributed by atoms with E-state index in [1.165, 1.54) is 93.9 Å². The first kappa shape index (κ1) is 34.6. The number of hydrogen-bond acceptors (Lipinski definition) is 2. The highest BCUT2D eigenvalue weighted by Gasteiger charge is 2.30. The van der Waals surface area contributed by atoms with E-state index in [-0.39, 0.29) is 29.8 Å². The van der Waals surface area contributed by atoms with Crippen LogP contribution in [0.15, 0.2) is 36.4 Å². The normalized spacial score (nSPS) is 12.7. The maximum atomic E-state index is 14.6. The van der Waals surface area contributed by atoms with Crippen molar-refractivity contribution in [2.45, 2.75) is 123 Å². The van der Waals surface area contributed by atoms with Crippen molar-refractivity contribution in [2.75, 3.05) is 20.3 Å². The Morgan fingerprint density at radius 1 is 0.775 bits per heavy atom. The number of hydrogen-bond donors (Lipinski definition) is 0. The first-order valence-electron chi connectivity index (χ1n) is 15.9. The SMILES string of the molecule is CCCCCCCCCCCC1=[N+](Cc2ccccc2F)CCc2c1ccc(OC)c2OCCCCCCC.[I-]. The fourth-order valence-electron chi connectivity index (χ4n) is 5.78. The summed E-state index contributed by atoms with van der Waals surface area (Å²) < 4.78 is 29.2. The van der Waals surface area contributed by atoms with Gasteiger partial charge in [0.1, 0.15) is 12.4 Å². The molecule has 2 aromatic rings. The Hall–Kier alpha value is -1.63. The zero-order valence-electron chi connectivity index (χ0n) is 25.4. The molecule has 1 aliphatic rings. The molecule has 2 aromatic carbocycles. The van der Waals surface area contributed by atoms with Crippen molar-refractivity contribution in [3.8, 4) is 11.5 Å². The van der Waals surface area contributed by atoms with Crippen LogP contribution >= 0.6 is 0 Å². The third-order valence-corrected chi connectivity index (χ3v) is 8.10. The maximum Gasteiger partial charge on any atom is 0.184 e. The average Bonchev–Trinajstić information content (AvgIpc) is 2.95. The molecule has 0 aliphatic carbocycles. The number of benzene rings is 2. The lowest BCUT2D eigenvalue weighted by Crippen LogP contribution is -3.00. The van der Waals surface area contributed by atoms with Crippen molar-refractivity contribution in [1.82, 2.24) is 0 Å². The third kappa shape index (κ3) is 11.0. The summed E-state index contributed by atoms with van der Waals surface area (Å²) >= 11 is 0. The number of halogens is 2. The number of unbranched alkanes of at least 4 members (excludes halogenated alkanes) is 12. The number of rotatable bonds is 20. The van der Waals surface area contributed by atoms with Gasteiger partial charge >= 0.3 is 0 Å². The second-order valence-electron chi connectivity index (χ2n) is 11.2. The van der Waals surface area contributed by atoms with Crippen LogP contribution in [-0.2, 0) is 13.0 Å². The lowest BCUT2D eigenvalue weighted by molar-refractivity contribution is -0.546. The van der Waals surface area contributed by atoms with E-state index in [9.17, 15) is 4.39 Å². The first-order valence-corrected chi connectivity index (χ1v) is 15.9. The highest BCUT2D eigenvalue weighted by Crippen LogP contribution is 2.37. The molecule has 0 fully saturated rings. The topological polar surface area (TPSA) is 21.5 Å². The molecule has 1 aliphatic heterocycles. The molecule has 0 bridgehead atoms. The van der Waals surface area contributed by atoms with Crippen LogP contribution < -0.4 is 33.5 Å². The van der Waals surface area contributed by atoms with Gasteiger partial charge in [-0.2, -0.15) is 0 Å². The van der Waals surface area contributed by atoms with Gasteiger partial charge in [-0.15, -0.1) is 0 Å². The molecular formula is C35H53FINO2. The van der Waals surface area contributed by atoms with Crippen LogP contribution in [0.4, 0.5) is 4.39 Å². The first-order chi connectivity index (χ1) is 19.2. The summed E-state index contributed by atoms with van der Waals surface area (Å²) in [4.78, 5) is 0. The lowest BCUT2D eigenvalue weighted by atomic mass is 9.91. The van der Waals surface area contributed by atoms with Crippen LogP contribution in [0.25, 0.3) is 0 Å². The van der Waals surface area contributed by atoms with Crippen molar-refractivity contribution in [2.24, 2.45) is 0 Å². The Labute approximate surface area is 261 Å². The van der Waals surface area contributed by atoms with Gasteiger partial charge in [0.05, 0.1) is 19.3 Å². The summed E-state index contributed by atoms with van der Waals surface area (Å²) in [6.07, 6.45) is 19.8. The summed E-state index contributed by atoms with van der Waals surface area (Å²) in [5.74, 6) is 1.63. The molecule has 0 amide bonds. The second-order valence-corrected chi connectivity index (χ2v) is 11.2. The van der Waals surface area contributed by atoms with Crippen LogP contribution in [0, 0.1) is 5.82 Å². The van der Waals surface area contributed by atoms with Gasteiger partial charge < -0.3 is 33.5 Å². The lowest BCUT2D eigenvalue weighted by Gasteiger charge is -2.23. The van der Waals surface area contributed by atoms with Crippen LogP contribution in [0.5, 0.6) is 11.5 Å². The monoisotopic (exact) mass is 665 g/mol. The second kappa shape index (κ2) is 20.3. The van der Waals surface area contributed by atoms with Gasteiger partial charge in [-0.05, 0) is 37.1 Å². The molecule has 40 heavy (non-hydrogen) atoms. The maximum absolute atomic E-state index is 14.6. The molecule has 0 aromatic heterocycles. The summed E-state index contributed by atoms with van der Waals surface area (Å²) in [7, 11) is 1.73. The number of methoxy groups -OCH3 is 1. The van der Waals surface area contributed by atoms with Crippen LogP contribution in [0.1, 0.15) is 127 Å². The van der Waals surface area contributed by atoms with Crippen molar-refractivity contribution < 1.29 is 42.4 Å². The highest BCUT2D eigenvalue weighted by atomic mass is 127. The summed E-state index contributed by atoms with van der Waals surface area (Å²) in [6.45, 7) is 6.72. The van der Waals surface area contributed by atoms with Crippen molar-refractivity contribution in [3.63, 3.8) is 0 Å². The number of ether oxygens (including phenoxy) is 2. The smallest absolute Gasteiger partial charge is 0.184 e. The number of nitrogens with zero attached hydrogens (tertiary/aromatic N) is 1. The molecule has 0 unspecified atom stereocenters. The van der Waals surface area contributed by atoms with Crippen molar-refractivity contribution in [1.29, 1.82) is 0 Å². The van der Waals surface area contributed by atoms with E-state index in [2.05, 4.69) is 30.6 Å². The van der Waals surface area contributed by atoms with E-state index in [1.807, 2.05) is 12.1 Å². The molecule has 3 rings (SSSR count). The Morgan fingerprint density at radius 3 is 2.05 bits per heavy atom. The quantitative estimate of drug-likeness (QED) is 0.0897. The van der Waals surface area contributed by atoms with Gasteiger partial charge in [0.25, 0.3) is 0 Å². The molecule has 0 spiro atoms. The van der Waals surface area contributed by atoms with Crippen molar-refractivity contribution >= 4 is 5.71 Å². The Kier molecular flexibility index (Phi) is 17.5. The molecular weight excluding hydrogens is 612 g/mol. The van der Waals surface area contributed by atoms with E-state index >= 15 is 0 Å². The van der Waals surface area contributed by atoms with Gasteiger partial charge in [0, 0.05) is 24.0 Å². The fraction of sp³-hybridized carbons (Fsp3) is 0.629. The molecule has 3 nitrogen and oxygen atoms in total. The zero-order valence-corrected chi connectivity index (χ0v) is 27.6. The van der Waals surface area contributed by atoms with Crippen LogP contribution in [-0.4, -0.2) is 30.5 Å². The summed E-state index contributed by atoms with van der Waals surface area (Å²) in [6, 6.07) is 11.5. The molecule has 0 N–H and O–H groups in total. The molecule has 0 saturated carbocycles. The molecule has 224 valence electrons. The Bertz CT molecular complexity index is 1020. The Morgan fingerprint density at radius 2 is 1.40 bits per heavy atom. The van der Waals surface area contributed by atoms with Crippen LogP contribution in [0.2, 0.25) is 0 Å². The molecule has 0 radical (unpaired) electrons. The van der Waals surface area contributed by atoms with E-state index in [0.717, 1.165) is 55.9 Å². The summed E-state index contributed by atoms with van der Waals surface area (Å²) in [5, 5.41) is 0. The third-order valence-electron chi connectivity index (χ3n) is 8.10. The zero-order chi connectivity index (χ0) is 27.7. The fourth-order valence-corrected chi connectivity index (χ4v) is 5.78. The van der Waals surface area contributed by atoms with Gasteiger partial charge in [0.15, 0.2) is 23.8 Å². The van der Waals surface area contributed by atoms with Gasteiger partial charge in [-0.25, -0.2) is 8.97 Å². The largest absolute Gasteiger partial charge is 1.00 e. The Balaban J connectivity index is 0.00000560. The predicted octanol–water partition coefficient (Wildman–Crippen LogP) is 6.67. The highest BCUT2D eigenvalue weighted by molar-refractivity contribution is 5.99. The van der Waals surface area contributed by atoms with Gasteiger partial charge in [-0.1, -0.05) is 103 Å². The summed E-state index contributed by atoms with van der Waals surface area (Å²) in [5.41, 5.74) is 4.62. The van der Waals surface area contributed by atoms with Gasteiger partial charge in [-0.3, -0.25) is 0 Å². The molecule has 1 heterocycles. The van der Waals surface area contributed by atoms with Gasteiger partial charge in [0.2, 0.25) is 0 Å². The molecule has 0 atom stereocenters. The van der Waals surface area contributed by atoms with E-state index < -0.39 is 0 Å². The van der Waals surface area contributed by atoms with Crippen LogP contribution in [0.3, 0.4) is 0 Å². The minimum atomic E-state index is -0.118. The molecule has 5 heteroatoms. The van der Waals surface area contributed by atoms with E-state index in [1.54, 1.807) is 19.2 Å². The standard InChI is InChI=1S/C35H53FNO2.HI/c1-4-6-8-10-11-12-13-14-16-22-33-30-23-24-34(38-3)35(39-27-19-15-9-7-5-2)31(30)25-26-37(33)28-29-20-17-18-21-32(29)36;/h17-18,20-21,23-24H,4-16,19,22,25-28H2,1-3H3;1H/q+1;/p-1. The molecule has 0 saturated heterocycles. The minimum absolute atomic E-state index is 0. The average molecular weight is 666 g/mol. The van der Waals surface area contributed by atoms with E-state index in [0.29, 0.717) is 6.54 Å². The number of fused-ring (bicyclic) bond motifs is 1. The van der Waals surface area contributed by atoms with E-state index in [4.69, 9.17) is 9.47 Å².